The van der Waals surface area contributed by atoms with Crippen molar-refractivity contribution in [1.29, 1.82) is 0 Å². The van der Waals surface area contributed by atoms with Gasteiger partial charge in [-0.25, -0.2) is 9.78 Å². The minimum Gasteiger partial charge on any atom is -0.497 e. The number of carbonyl (C=O) groups excluding carboxylic acids is 1. The predicted molar refractivity (Wildman–Crippen MR) is 129 cm³/mol. The maximum atomic E-state index is 12.1. The average molecular weight is 445 g/mol. The van der Waals surface area contributed by atoms with Crippen LogP contribution in [0.3, 0.4) is 0 Å². The van der Waals surface area contributed by atoms with E-state index in [1.54, 1.807) is 20.1 Å². The van der Waals surface area contributed by atoms with Gasteiger partial charge in [0, 0.05) is 0 Å². The van der Waals surface area contributed by atoms with E-state index < -0.39 is 0 Å². The molecule has 0 spiro atoms. The number of carbonyl (C=O) groups is 1. The van der Waals surface area contributed by atoms with Crippen LogP contribution in [0.5, 0.6) is 5.75 Å². The van der Waals surface area contributed by atoms with Crippen molar-refractivity contribution in [2.75, 3.05) is 19.0 Å². The molecule has 0 aliphatic heterocycles. The molecule has 2 aromatic carbocycles. The van der Waals surface area contributed by atoms with Crippen LogP contribution in [0.15, 0.2) is 54.1 Å². The monoisotopic (exact) mass is 444 g/mol. The topological polar surface area (TPSA) is 86.2 Å². The second-order valence-corrected chi connectivity index (χ2v) is 8.21. The smallest absolute Gasteiger partial charge is 0.337 e. The van der Waals surface area contributed by atoms with Crippen molar-refractivity contribution in [3.8, 4) is 16.9 Å². The molecule has 0 saturated carbocycles. The molecule has 1 N–H and O–H groups in total. The minimum absolute atomic E-state index is 0.146. The number of hydrogen-bond acceptors (Lipinski definition) is 7. The molecule has 7 nitrogen and oxygen atoms in total. The number of methoxy groups -OCH3 is 1. The SMILES string of the molecule is CCOC(=O)C1=CC(Nc2nnc3cc(-c4cc(OC)ccc4C)cc(C)c3n2)C(C)C=C1. The lowest BCUT2D eigenvalue weighted by molar-refractivity contribution is -0.138. The van der Waals surface area contributed by atoms with Crippen LogP contribution >= 0.6 is 0 Å². The lowest BCUT2D eigenvalue weighted by atomic mass is 9.93. The summed E-state index contributed by atoms with van der Waals surface area (Å²) in [4.78, 5) is 16.8. The summed E-state index contributed by atoms with van der Waals surface area (Å²) in [5, 5.41) is 12.1. The number of fused-ring (bicyclic) bond motifs is 1. The van der Waals surface area contributed by atoms with E-state index >= 15 is 0 Å². The van der Waals surface area contributed by atoms with Crippen LogP contribution in [0, 0.1) is 19.8 Å². The summed E-state index contributed by atoms with van der Waals surface area (Å²) < 4.78 is 10.5. The first-order valence-corrected chi connectivity index (χ1v) is 11.0. The molecule has 170 valence electrons. The van der Waals surface area contributed by atoms with E-state index in [1.807, 2.05) is 43.3 Å². The molecule has 0 bridgehead atoms. The lowest BCUT2D eigenvalue weighted by Crippen LogP contribution is -2.28. The van der Waals surface area contributed by atoms with Crippen LogP contribution in [0.4, 0.5) is 5.95 Å². The van der Waals surface area contributed by atoms with Crippen LogP contribution in [0.1, 0.15) is 25.0 Å². The molecular formula is C26H28N4O3. The van der Waals surface area contributed by atoms with Crippen molar-refractivity contribution in [3.63, 3.8) is 0 Å². The number of esters is 1. The molecule has 2 atom stereocenters. The molecule has 33 heavy (non-hydrogen) atoms. The van der Waals surface area contributed by atoms with Gasteiger partial charge in [-0.05, 0) is 79.3 Å². The summed E-state index contributed by atoms with van der Waals surface area (Å²) in [6, 6.07) is 9.98. The fraction of sp³-hybridized carbons (Fsp3) is 0.308. The second-order valence-electron chi connectivity index (χ2n) is 8.21. The van der Waals surface area contributed by atoms with Crippen molar-refractivity contribution in [3.05, 3.63) is 65.3 Å². The molecule has 4 rings (SSSR count). The Bertz CT molecular complexity index is 1270. The molecule has 1 aliphatic rings. The van der Waals surface area contributed by atoms with Gasteiger partial charge in [-0.3, -0.25) is 0 Å². The third-order valence-electron chi connectivity index (χ3n) is 5.82. The van der Waals surface area contributed by atoms with E-state index in [4.69, 9.17) is 14.5 Å². The molecule has 2 unspecified atom stereocenters. The molecule has 0 saturated heterocycles. The number of benzene rings is 2. The average Bonchev–Trinajstić information content (AvgIpc) is 2.81. The van der Waals surface area contributed by atoms with Gasteiger partial charge in [0.2, 0.25) is 5.95 Å². The molecule has 0 fully saturated rings. The number of aromatic nitrogens is 3. The summed E-state index contributed by atoms with van der Waals surface area (Å²) in [5.41, 5.74) is 6.31. The van der Waals surface area contributed by atoms with E-state index in [9.17, 15) is 4.79 Å². The lowest BCUT2D eigenvalue weighted by Gasteiger charge is -2.23. The Morgan fingerprint density at radius 2 is 1.94 bits per heavy atom. The standard InChI is InChI=1S/C26H28N4O3/c1-6-33-25(31)18-9-7-16(3)22(12-18)27-26-28-24-17(4)11-19(13-23(24)29-30-26)21-14-20(32-5)10-8-15(21)2/h7-14,16,22H,6H2,1-5H3,(H,27,28,30). The van der Waals surface area contributed by atoms with Gasteiger partial charge in [0.25, 0.3) is 0 Å². The maximum Gasteiger partial charge on any atom is 0.337 e. The first kappa shape index (κ1) is 22.5. The molecule has 1 heterocycles. The first-order chi connectivity index (χ1) is 15.9. The number of aryl methyl sites for hydroxylation is 2. The minimum atomic E-state index is -0.332. The van der Waals surface area contributed by atoms with Crippen molar-refractivity contribution < 1.29 is 14.3 Å². The van der Waals surface area contributed by atoms with Crippen molar-refractivity contribution in [1.82, 2.24) is 15.2 Å². The summed E-state index contributed by atoms with van der Waals surface area (Å²) in [6.07, 6.45) is 5.64. The first-order valence-electron chi connectivity index (χ1n) is 11.0. The van der Waals surface area contributed by atoms with Gasteiger partial charge < -0.3 is 14.8 Å². The molecular weight excluding hydrogens is 416 g/mol. The molecule has 1 aliphatic carbocycles. The summed E-state index contributed by atoms with van der Waals surface area (Å²) in [6.45, 7) is 8.29. The fourth-order valence-electron chi connectivity index (χ4n) is 3.92. The summed E-state index contributed by atoms with van der Waals surface area (Å²) in [7, 11) is 1.66. The van der Waals surface area contributed by atoms with Crippen LogP contribution in [-0.4, -0.2) is 40.9 Å². The zero-order valence-electron chi connectivity index (χ0n) is 19.5. The Morgan fingerprint density at radius 3 is 2.70 bits per heavy atom. The van der Waals surface area contributed by atoms with Crippen LogP contribution in [0.2, 0.25) is 0 Å². The number of nitrogens with one attached hydrogen (secondary N) is 1. The Kier molecular flexibility index (Phi) is 6.40. The van der Waals surface area contributed by atoms with Crippen LogP contribution < -0.4 is 10.1 Å². The third-order valence-corrected chi connectivity index (χ3v) is 5.82. The van der Waals surface area contributed by atoms with E-state index in [2.05, 4.69) is 35.4 Å². The molecule has 0 radical (unpaired) electrons. The Balaban J connectivity index is 1.64. The van der Waals surface area contributed by atoms with E-state index in [-0.39, 0.29) is 17.9 Å². The predicted octanol–water partition coefficient (Wildman–Crippen LogP) is 4.79. The van der Waals surface area contributed by atoms with E-state index in [0.29, 0.717) is 18.1 Å². The van der Waals surface area contributed by atoms with E-state index in [0.717, 1.165) is 39.0 Å². The van der Waals surface area contributed by atoms with Gasteiger partial charge in [-0.15, -0.1) is 10.2 Å². The third kappa shape index (κ3) is 4.72. The molecule has 1 aromatic heterocycles. The van der Waals surface area contributed by atoms with Gasteiger partial charge in [0.05, 0.1) is 30.8 Å². The maximum absolute atomic E-state index is 12.1. The number of anilines is 1. The fourth-order valence-corrected chi connectivity index (χ4v) is 3.92. The largest absolute Gasteiger partial charge is 0.497 e. The highest BCUT2D eigenvalue weighted by molar-refractivity contribution is 5.92. The van der Waals surface area contributed by atoms with Gasteiger partial charge in [0.15, 0.2) is 0 Å². The van der Waals surface area contributed by atoms with Crippen LogP contribution in [0.25, 0.3) is 22.2 Å². The number of hydrogen-bond donors (Lipinski definition) is 1. The highest BCUT2D eigenvalue weighted by atomic mass is 16.5. The Hall–Kier alpha value is -3.74. The second kappa shape index (κ2) is 9.40. The summed E-state index contributed by atoms with van der Waals surface area (Å²) in [5.74, 6) is 1.05. The number of nitrogens with zero attached hydrogens (tertiary/aromatic N) is 3. The van der Waals surface area contributed by atoms with E-state index in [1.165, 1.54) is 0 Å². The van der Waals surface area contributed by atoms with Crippen LogP contribution in [-0.2, 0) is 9.53 Å². The number of ether oxygens (including phenoxy) is 2. The molecule has 0 amide bonds. The Labute approximate surface area is 193 Å². The zero-order valence-corrected chi connectivity index (χ0v) is 19.5. The highest BCUT2D eigenvalue weighted by Crippen LogP contribution is 2.31. The van der Waals surface area contributed by atoms with Gasteiger partial charge in [0.1, 0.15) is 11.3 Å². The zero-order chi connectivity index (χ0) is 23.5. The molecule has 7 heteroatoms. The number of rotatable bonds is 6. The van der Waals surface area contributed by atoms with Gasteiger partial charge in [-0.2, -0.15) is 0 Å². The highest BCUT2D eigenvalue weighted by Gasteiger charge is 2.22. The van der Waals surface area contributed by atoms with Gasteiger partial charge in [-0.1, -0.05) is 25.1 Å². The van der Waals surface area contributed by atoms with Crippen molar-refractivity contribution >= 4 is 23.0 Å². The Morgan fingerprint density at radius 1 is 1.12 bits per heavy atom. The quantitative estimate of drug-likeness (QED) is 0.547. The van der Waals surface area contributed by atoms with Crippen molar-refractivity contribution in [2.24, 2.45) is 5.92 Å². The molecule has 3 aromatic rings. The van der Waals surface area contributed by atoms with Crippen molar-refractivity contribution in [2.45, 2.75) is 33.7 Å². The summed E-state index contributed by atoms with van der Waals surface area (Å²) >= 11 is 0. The van der Waals surface area contributed by atoms with Gasteiger partial charge >= 0.3 is 5.97 Å². The normalized spacial score (nSPS) is 17.5.